The fourth-order valence-electron chi connectivity index (χ4n) is 0.876. The quantitative estimate of drug-likeness (QED) is 0.467. The van der Waals surface area contributed by atoms with Crippen molar-refractivity contribution in [1.29, 1.82) is 0 Å². The van der Waals surface area contributed by atoms with Crippen molar-refractivity contribution in [1.82, 2.24) is 9.97 Å². The molecule has 74 valence electrons. The predicted octanol–water partition coefficient (Wildman–Crippen LogP) is 2.02. The summed E-state index contributed by atoms with van der Waals surface area (Å²) in [6.45, 7) is 3.85. The molecule has 4 heteroatoms. The maximum atomic E-state index is 5.36. The summed E-state index contributed by atoms with van der Waals surface area (Å²) >= 11 is 1.57. The van der Waals surface area contributed by atoms with Crippen molar-refractivity contribution in [2.45, 2.75) is 24.4 Å². The molecule has 0 saturated heterocycles. The average Bonchev–Trinajstić information content (AvgIpc) is 2.17. The molecule has 0 aromatic carbocycles. The van der Waals surface area contributed by atoms with Crippen LogP contribution in [0.2, 0.25) is 0 Å². The molecule has 0 amide bonds. The smallest absolute Gasteiger partial charge is 0.131 e. The van der Waals surface area contributed by atoms with Crippen molar-refractivity contribution < 1.29 is 0 Å². The third-order valence-corrected chi connectivity index (χ3v) is 2.29. The minimum absolute atomic E-state index is 0.385. The van der Waals surface area contributed by atoms with Crippen LogP contribution in [0.1, 0.15) is 13.8 Å². The van der Waals surface area contributed by atoms with Gasteiger partial charge < -0.3 is 5.32 Å². The van der Waals surface area contributed by atoms with E-state index >= 15 is 0 Å². The Morgan fingerprint density at radius 1 is 1.50 bits per heavy atom. The second-order valence-corrected chi connectivity index (χ2v) is 4.17. The first-order chi connectivity index (χ1) is 6.57. The Hall–Kier alpha value is -1.21. The van der Waals surface area contributed by atoms with Gasteiger partial charge in [-0.15, -0.1) is 18.2 Å². The number of terminal acetylenes is 1. The van der Waals surface area contributed by atoms with E-state index in [1.807, 2.05) is 26.2 Å². The first kappa shape index (κ1) is 10.9. The SMILES string of the molecule is C#CC(C)(C)Nc1cc(SC)ncn1. The van der Waals surface area contributed by atoms with E-state index in [2.05, 4.69) is 21.2 Å². The van der Waals surface area contributed by atoms with Gasteiger partial charge in [0.1, 0.15) is 17.2 Å². The predicted molar refractivity (Wildman–Crippen MR) is 60.3 cm³/mol. The van der Waals surface area contributed by atoms with E-state index in [0.29, 0.717) is 0 Å². The zero-order chi connectivity index (χ0) is 10.6. The molecule has 3 nitrogen and oxygen atoms in total. The molecule has 1 aromatic heterocycles. The third-order valence-electron chi connectivity index (χ3n) is 1.65. The van der Waals surface area contributed by atoms with Crippen LogP contribution in [0.5, 0.6) is 0 Å². The summed E-state index contributed by atoms with van der Waals surface area (Å²) in [5.74, 6) is 3.41. The minimum atomic E-state index is -0.385. The maximum absolute atomic E-state index is 5.36. The second-order valence-electron chi connectivity index (χ2n) is 3.34. The van der Waals surface area contributed by atoms with E-state index < -0.39 is 0 Å². The van der Waals surface area contributed by atoms with E-state index in [-0.39, 0.29) is 5.54 Å². The normalized spacial score (nSPS) is 10.7. The Kier molecular flexibility index (Phi) is 3.37. The lowest BCUT2D eigenvalue weighted by atomic mass is 10.1. The Morgan fingerprint density at radius 2 is 2.21 bits per heavy atom. The maximum Gasteiger partial charge on any atom is 0.131 e. The third kappa shape index (κ3) is 2.93. The van der Waals surface area contributed by atoms with E-state index in [1.165, 1.54) is 6.33 Å². The van der Waals surface area contributed by atoms with Crippen molar-refractivity contribution in [2.75, 3.05) is 11.6 Å². The van der Waals surface area contributed by atoms with E-state index in [4.69, 9.17) is 6.42 Å². The lowest BCUT2D eigenvalue weighted by molar-refractivity contribution is 0.733. The highest BCUT2D eigenvalue weighted by molar-refractivity contribution is 7.98. The first-order valence-corrected chi connectivity index (χ1v) is 5.42. The van der Waals surface area contributed by atoms with Gasteiger partial charge in [-0.2, -0.15) is 0 Å². The fraction of sp³-hybridized carbons (Fsp3) is 0.400. The number of hydrogen-bond acceptors (Lipinski definition) is 4. The highest BCUT2D eigenvalue weighted by atomic mass is 32.2. The molecule has 0 atom stereocenters. The number of nitrogens with one attached hydrogen (secondary N) is 1. The molecule has 0 aliphatic heterocycles. The topological polar surface area (TPSA) is 37.8 Å². The van der Waals surface area contributed by atoms with Gasteiger partial charge in [0.15, 0.2) is 0 Å². The van der Waals surface area contributed by atoms with Crippen LogP contribution in [0.15, 0.2) is 17.4 Å². The molecule has 14 heavy (non-hydrogen) atoms. The van der Waals surface area contributed by atoms with Gasteiger partial charge in [0.2, 0.25) is 0 Å². The number of aromatic nitrogens is 2. The summed E-state index contributed by atoms with van der Waals surface area (Å²) in [7, 11) is 0. The minimum Gasteiger partial charge on any atom is -0.354 e. The van der Waals surface area contributed by atoms with Gasteiger partial charge in [0.05, 0.1) is 5.54 Å². The Labute approximate surface area is 88.7 Å². The molecule has 0 aliphatic carbocycles. The Morgan fingerprint density at radius 3 is 2.79 bits per heavy atom. The van der Waals surface area contributed by atoms with Crippen LogP contribution in [-0.4, -0.2) is 21.8 Å². The molecule has 0 radical (unpaired) electrons. The number of rotatable bonds is 3. The van der Waals surface area contributed by atoms with Crippen LogP contribution in [0.3, 0.4) is 0 Å². The number of hydrogen-bond donors (Lipinski definition) is 1. The van der Waals surface area contributed by atoms with E-state index in [0.717, 1.165) is 10.8 Å². The summed E-state index contributed by atoms with van der Waals surface area (Å²) in [5.41, 5.74) is -0.385. The monoisotopic (exact) mass is 207 g/mol. The fourth-order valence-corrected chi connectivity index (χ4v) is 1.26. The average molecular weight is 207 g/mol. The van der Waals surface area contributed by atoms with Crippen LogP contribution >= 0.6 is 11.8 Å². The molecule has 0 saturated carbocycles. The Bertz CT molecular complexity index is 355. The van der Waals surface area contributed by atoms with Crippen molar-refractivity contribution in [3.63, 3.8) is 0 Å². The van der Waals surface area contributed by atoms with Gasteiger partial charge in [0.25, 0.3) is 0 Å². The molecule has 1 aromatic rings. The zero-order valence-electron chi connectivity index (χ0n) is 8.53. The lowest BCUT2D eigenvalue weighted by Gasteiger charge is -2.20. The Balaban J connectivity index is 2.83. The molecule has 1 N–H and O–H groups in total. The van der Waals surface area contributed by atoms with Gasteiger partial charge in [-0.3, -0.25) is 0 Å². The van der Waals surface area contributed by atoms with Crippen LogP contribution in [-0.2, 0) is 0 Å². The van der Waals surface area contributed by atoms with Gasteiger partial charge in [-0.05, 0) is 20.1 Å². The number of thioether (sulfide) groups is 1. The zero-order valence-corrected chi connectivity index (χ0v) is 9.35. The molecule has 0 bridgehead atoms. The molecular formula is C10H13N3S. The molecule has 0 unspecified atom stereocenters. The van der Waals surface area contributed by atoms with Gasteiger partial charge in [-0.25, -0.2) is 9.97 Å². The van der Waals surface area contributed by atoms with Crippen LogP contribution < -0.4 is 5.32 Å². The van der Waals surface area contributed by atoms with Crippen molar-refractivity contribution >= 4 is 17.6 Å². The van der Waals surface area contributed by atoms with Crippen molar-refractivity contribution in [2.24, 2.45) is 0 Å². The lowest BCUT2D eigenvalue weighted by Crippen LogP contribution is -2.28. The number of anilines is 1. The van der Waals surface area contributed by atoms with Gasteiger partial charge >= 0.3 is 0 Å². The van der Waals surface area contributed by atoms with Gasteiger partial charge in [-0.1, -0.05) is 5.92 Å². The molecule has 0 aliphatic rings. The summed E-state index contributed by atoms with van der Waals surface area (Å²) < 4.78 is 0. The molecule has 0 fully saturated rings. The van der Waals surface area contributed by atoms with Crippen molar-refractivity contribution in [3.8, 4) is 12.3 Å². The second kappa shape index (κ2) is 4.34. The highest BCUT2D eigenvalue weighted by Gasteiger charge is 2.13. The molecular weight excluding hydrogens is 194 g/mol. The molecule has 0 spiro atoms. The molecule has 1 heterocycles. The van der Waals surface area contributed by atoms with Crippen molar-refractivity contribution in [3.05, 3.63) is 12.4 Å². The van der Waals surface area contributed by atoms with Gasteiger partial charge in [0, 0.05) is 6.07 Å². The van der Waals surface area contributed by atoms with Crippen LogP contribution in [0.4, 0.5) is 5.82 Å². The van der Waals surface area contributed by atoms with E-state index in [1.54, 1.807) is 11.8 Å². The molecule has 1 rings (SSSR count). The summed E-state index contributed by atoms with van der Waals surface area (Å²) in [6.07, 6.45) is 8.86. The van der Waals surface area contributed by atoms with Crippen LogP contribution in [0, 0.1) is 12.3 Å². The summed E-state index contributed by atoms with van der Waals surface area (Å²) in [6, 6.07) is 1.88. The highest BCUT2D eigenvalue weighted by Crippen LogP contribution is 2.16. The number of nitrogens with zero attached hydrogens (tertiary/aromatic N) is 2. The van der Waals surface area contributed by atoms with Crippen LogP contribution in [0.25, 0.3) is 0 Å². The standard InChI is InChI=1S/C10H13N3S/c1-5-10(2,3)13-8-6-9(14-4)12-7-11-8/h1,6-7H,2-4H3,(H,11,12,13). The summed E-state index contributed by atoms with van der Waals surface area (Å²) in [4.78, 5) is 8.16. The first-order valence-electron chi connectivity index (χ1n) is 4.19. The summed E-state index contributed by atoms with van der Waals surface area (Å²) in [5, 5.41) is 4.07. The van der Waals surface area contributed by atoms with E-state index in [9.17, 15) is 0 Å². The largest absolute Gasteiger partial charge is 0.354 e.